The second kappa shape index (κ2) is 7.93. The van der Waals surface area contributed by atoms with Crippen LogP contribution in [0.15, 0.2) is 103 Å². The second-order valence-electron chi connectivity index (χ2n) is 6.00. The topological polar surface area (TPSA) is 23.8 Å². The van der Waals surface area contributed by atoms with Crippen LogP contribution >= 0.6 is 7.26 Å². The van der Waals surface area contributed by atoms with E-state index < -0.39 is 7.26 Å². The summed E-state index contributed by atoms with van der Waals surface area (Å²) in [6.07, 6.45) is 2.95. The molecule has 0 saturated heterocycles. The largest absolute Gasteiger partial charge is 0.193 e. The van der Waals surface area contributed by atoms with E-state index in [4.69, 9.17) is 0 Å². The predicted molar refractivity (Wildman–Crippen MR) is 109 cm³/mol. The van der Waals surface area contributed by atoms with E-state index in [1.54, 1.807) is 0 Å². The molecule has 122 valence electrons. The Labute approximate surface area is 150 Å². The molecular formula is C23H21NP+. The lowest BCUT2D eigenvalue weighted by Crippen LogP contribution is -2.33. The van der Waals surface area contributed by atoms with Gasteiger partial charge in [0.15, 0.2) is 0 Å². The molecule has 3 aromatic carbocycles. The maximum Gasteiger partial charge on any atom is 0.116 e. The molecule has 0 heterocycles. The maximum atomic E-state index is 9.24. The molecule has 0 aliphatic carbocycles. The lowest BCUT2D eigenvalue weighted by atomic mass is 10.3. The van der Waals surface area contributed by atoms with E-state index in [9.17, 15) is 5.26 Å². The van der Waals surface area contributed by atoms with Gasteiger partial charge < -0.3 is 0 Å². The molecule has 0 radical (unpaired) electrons. The van der Waals surface area contributed by atoms with Gasteiger partial charge in [0.1, 0.15) is 23.2 Å². The Balaban J connectivity index is 2.30. The summed E-state index contributed by atoms with van der Waals surface area (Å²) in [6.45, 7) is 1.88. The van der Waals surface area contributed by atoms with Crippen molar-refractivity contribution in [2.75, 3.05) is 6.16 Å². The van der Waals surface area contributed by atoms with Crippen LogP contribution in [0.25, 0.3) is 0 Å². The lowest BCUT2D eigenvalue weighted by Gasteiger charge is -2.26. The number of nitrogens with zero attached hydrogens (tertiary/aromatic N) is 1. The molecule has 0 fully saturated rings. The number of hydrogen-bond donors (Lipinski definition) is 0. The molecule has 0 atom stereocenters. The molecule has 0 N–H and O–H groups in total. The van der Waals surface area contributed by atoms with Crippen LogP contribution in [-0.2, 0) is 0 Å². The molecule has 0 aromatic heterocycles. The summed E-state index contributed by atoms with van der Waals surface area (Å²) >= 11 is 0. The van der Waals surface area contributed by atoms with E-state index in [-0.39, 0.29) is 0 Å². The monoisotopic (exact) mass is 342 g/mol. The highest BCUT2D eigenvalue weighted by Gasteiger charge is 2.44. The third kappa shape index (κ3) is 3.55. The fourth-order valence-electron chi connectivity index (χ4n) is 3.13. The zero-order chi connectivity index (χ0) is 17.5. The van der Waals surface area contributed by atoms with Crippen molar-refractivity contribution in [2.45, 2.75) is 6.92 Å². The van der Waals surface area contributed by atoms with E-state index in [0.717, 1.165) is 11.7 Å². The SMILES string of the molecule is CC(C#N)=CC[P+](c1ccccc1)(c1ccccc1)c1ccccc1. The first-order valence-corrected chi connectivity index (χ1v) is 10.4. The van der Waals surface area contributed by atoms with Gasteiger partial charge >= 0.3 is 0 Å². The van der Waals surface area contributed by atoms with Crippen LogP contribution in [0.2, 0.25) is 0 Å². The van der Waals surface area contributed by atoms with Crippen LogP contribution in [-0.4, -0.2) is 6.16 Å². The van der Waals surface area contributed by atoms with Gasteiger partial charge in [-0.2, -0.15) is 5.26 Å². The highest BCUT2D eigenvalue weighted by molar-refractivity contribution is 7.95. The Morgan fingerprint density at radius 3 is 1.44 bits per heavy atom. The molecule has 3 rings (SSSR count). The Hall–Kier alpha value is -2.68. The zero-order valence-electron chi connectivity index (χ0n) is 14.3. The molecule has 0 bridgehead atoms. The lowest BCUT2D eigenvalue weighted by molar-refractivity contribution is 1.42. The van der Waals surface area contributed by atoms with Gasteiger partial charge in [-0.15, -0.1) is 0 Å². The van der Waals surface area contributed by atoms with Crippen molar-refractivity contribution in [1.82, 2.24) is 0 Å². The molecule has 0 aliphatic heterocycles. The third-order valence-corrected chi connectivity index (χ3v) is 8.71. The van der Waals surface area contributed by atoms with Crippen LogP contribution in [0.4, 0.5) is 0 Å². The highest BCUT2D eigenvalue weighted by Crippen LogP contribution is 2.55. The van der Waals surface area contributed by atoms with Crippen molar-refractivity contribution < 1.29 is 0 Å². The van der Waals surface area contributed by atoms with Crippen LogP contribution in [0.3, 0.4) is 0 Å². The van der Waals surface area contributed by atoms with Gasteiger partial charge in [-0.25, -0.2) is 0 Å². The Morgan fingerprint density at radius 1 is 0.760 bits per heavy atom. The van der Waals surface area contributed by atoms with Gasteiger partial charge in [-0.05, 0) is 49.4 Å². The minimum Gasteiger partial charge on any atom is -0.193 e. The van der Waals surface area contributed by atoms with Gasteiger partial charge in [0.2, 0.25) is 0 Å². The quantitative estimate of drug-likeness (QED) is 0.496. The number of rotatable bonds is 5. The first-order chi connectivity index (χ1) is 12.3. The summed E-state index contributed by atoms with van der Waals surface area (Å²) in [7, 11) is -1.85. The second-order valence-corrected chi connectivity index (χ2v) is 9.53. The van der Waals surface area contributed by atoms with E-state index in [2.05, 4.69) is 103 Å². The number of benzene rings is 3. The number of allylic oxidation sites excluding steroid dienone is 2. The molecule has 0 spiro atoms. The summed E-state index contributed by atoms with van der Waals surface area (Å²) < 4.78 is 0. The number of nitriles is 1. The average Bonchev–Trinajstić information content (AvgIpc) is 2.71. The van der Waals surface area contributed by atoms with Crippen LogP contribution in [0, 0.1) is 11.3 Å². The molecule has 1 nitrogen and oxygen atoms in total. The first-order valence-electron chi connectivity index (χ1n) is 8.39. The van der Waals surface area contributed by atoms with Gasteiger partial charge in [0.05, 0.1) is 12.2 Å². The number of hydrogen-bond acceptors (Lipinski definition) is 1. The molecule has 0 aliphatic rings. The summed E-state index contributed by atoms with van der Waals surface area (Å²) in [5.41, 5.74) is 0.771. The summed E-state index contributed by atoms with van der Waals surface area (Å²) in [5.74, 6) is 0. The fraction of sp³-hybridized carbons (Fsp3) is 0.0870. The van der Waals surface area contributed by atoms with Crippen molar-refractivity contribution in [3.05, 3.63) is 103 Å². The van der Waals surface area contributed by atoms with E-state index in [1.807, 2.05) is 6.92 Å². The molecule has 25 heavy (non-hydrogen) atoms. The normalized spacial score (nSPS) is 11.8. The molecule has 0 saturated carbocycles. The summed E-state index contributed by atoms with van der Waals surface area (Å²) in [6, 6.07) is 34.5. The maximum absolute atomic E-state index is 9.24. The molecule has 2 heteroatoms. The van der Waals surface area contributed by atoms with E-state index >= 15 is 0 Å². The highest BCUT2D eigenvalue weighted by atomic mass is 31.2. The first kappa shape index (κ1) is 17.2. The standard InChI is InChI=1S/C23H21NP/c1-20(19-24)17-18-25(21-11-5-2-6-12-21,22-13-7-3-8-14-22)23-15-9-4-10-16-23/h2-17H,18H2,1H3/q+1. The Morgan fingerprint density at radius 2 is 1.12 bits per heavy atom. The van der Waals surface area contributed by atoms with Crippen molar-refractivity contribution in [2.24, 2.45) is 0 Å². The third-order valence-electron chi connectivity index (χ3n) is 4.44. The molecule has 3 aromatic rings. The predicted octanol–water partition coefficient (Wildman–Crippen LogP) is 4.45. The van der Waals surface area contributed by atoms with Crippen molar-refractivity contribution in [1.29, 1.82) is 5.26 Å². The average molecular weight is 342 g/mol. The van der Waals surface area contributed by atoms with Gasteiger partial charge in [-0.1, -0.05) is 54.6 Å². The summed E-state index contributed by atoms with van der Waals surface area (Å²) in [4.78, 5) is 0. The Kier molecular flexibility index (Phi) is 5.44. The van der Waals surface area contributed by atoms with E-state index in [0.29, 0.717) is 0 Å². The van der Waals surface area contributed by atoms with Crippen molar-refractivity contribution >= 4 is 23.2 Å². The van der Waals surface area contributed by atoms with Gasteiger partial charge in [-0.3, -0.25) is 0 Å². The van der Waals surface area contributed by atoms with Crippen molar-refractivity contribution in [3.8, 4) is 6.07 Å². The Bertz CT molecular complexity index is 781. The van der Waals surface area contributed by atoms with E-state index in [1.165, 1.54) is 15.9 Å². The zero-order valence-corrected chi connectivity index (χ0v) is 15.2. The smallest absolute Gasteiger partial charge is 0.116 e. The van der Waals surface area contributed by atoms with Crippen LogP contribution < -0.4 is 15.9 Å². The van der Waals surface area contributed by atoms with Crippen LogP contribution in [0.5, 0.6) is 0 Å². The molecule has 0 unspecified atom stereocenters. The minimum absolute atomic E-state index is 0.771. The van der Waals surface area contributed by atoms with Gasteiger partial charge in [0, 0.05) is 5.57 Å². The fourth-order valence-corrected chi connectivity index (χ4v) is 7.25. The molecule has 0 amide bonds. The van der Waals surface area contributed by atoms with Gasteiger partial charge in [0.25, 0.3) is 0 Å². The van der Waals surface area contributed by atoms with Crippen LogP contribution in [0.1, 0.15) is 6.92 Å². The minimum atomic E-state index is -1.85. The summed E-state index contributed by atoms with van der Waals surface area (Å²) in [5, 5.41) is 13.3. The molecular weight excluding hydrogens is 321 g/mol. The van der Waals surface area contributed by atoms with Crippen molar-refractivity contribution in [3.63, 3.8) is 0 Å².